The lowest BCUT2D eigenvalue weighted by Gasteiger charge is -2.35. The number of morpholine rings is 1. The fourth-order valence-corrected chi connectivity index (χ4v) is 2.85. The van der Waals surface area contributed by atoms with Gasteiger partial charge in [0.1, 0.15) is 0 Å². The Balaban J connectivity index is 2.24. The third kappa shape index (κ3) is 2.75. The lowest BCUT2D eigenvalue weighted by Crippen LogP contribution is -2.49. The van der Waals surface area contributed by atoms with Crippen LogP contribution in [-0.4, -0.2) is 47.5 Å². The molecule has 0 amide bonds. The molecule has 18 heavy (non-hydrogen) atoms. The summed E-state index contributed by atoms with van der Waals surface area (Å²) < 4.78 is 8.73. The van der Waals surface area contributed by atoms with Crippen molar-refractivity contribution >= 4 is 15.9 Å². The molecule has 1 aliphatic rings. The van der Waals surface area contributed by atoms with Gasteiger partial charge in [-0.15, -0.1) is 0 Å². The molecular weight excluding hydrogens is 298 g/mol. The lowest BCUT2D eigenvalue weighted by molar-refractivity contribution is -0.0408. The molecule has 2 unspecified atom stereocenters. The number of hydrogen-bond donors (Lipinski definition) is 2. The number of rotatable bonds is 4. The van der Waals surface area contributed by atoms with Gasteiger partial charge in [0, 0.05) is 19.6 Å². The maximum absolute atomic E-state index is 5.83. The third-order valence-electron chi connectivity index (χ3n) is 3.28. The zero-order chi connectivity index (χ0) is 13.1. The molecule has 3 N–H and O–H groups in total. The number of hydrogen-bond acceptors (Lipinski definition) is 5. The van der Waals surface area contributed by atoms with Crippen LogP contribution in [0.4, 0.5) is 0 Å². The Labute approximate surface area is 116 Å². The van der Waals surface area contributed by atoms with Gasteiger partial charge in [-0.2, -0.15) is 5.10 Å². The van der Waals surface area contributed by atoms with Crippen molar-refractivity contribution in [2.24, 2.45) is 5.84 Å². The fraction of sp³-hybridized carbons (Fsp3) is 0.727. The quantitative estimate of drug-likeness (QED) is 0.625. The van der Waals surface area contributed by atoms with Crippen molar-refractivity contribution in [3.05, 3.63) is 16.4 Å². The molecule has 1 aliphatic heterocycles. The van der Waals surface area contributed by atoms with Crippen LogP contribution in [0.1, 0.15) is 18.7 Å². The molecule has 102 valence electrons. The smallest absolute Gasteiger partial charge is 0.0925 e. The first kappa shape index (κ1) is 14.0. The number of halogens is 1. The van der Waals surface area contributed by atoms with Crippen LogP contribution in [0.2, 0.25) is 0 Å². The highest BCUT2D eigenvalue weighted by Crippen LogP contribution is 2.27. The Morgan fingerprint density at radius 2 is 2.50 bits per heavy atom. The van der Waals surface area contributed by atoms with Gasteiger partial charge in [-0.25, -0.2) is 5.43 Å². The van der Waals surface area contributed by atoms with E-state index >= 15 is 0 Å². The first-order valence-electron chi connectivity index (χ1n) is 6.14. The molecule has 1 saturated heterocycles. The molecule has 0 aromatic carbocycles. The predicted molar refractivity (Wildman–Crippen MR) is 72.9 cm³/mol. The summed E-state index contributed by atoms with van der Waals surface area (Å²) in [6.45, 7) is 5.42. The molecule has 2 heterocycles. The average Bonchev–Trinajstić information content (AvgIpc) is 2.72. The number of ether oxygens (including phenoxy) is 1. The van der Waals surface area contributed by atoms with Gasteiger partial charge < -0.3 is 9.64 Å². The normalized spacial score (nSPS) is 23.2. The minimum absolute atomic E-state index is 0.0343. The molecule has 7 heteroatoms. The van der Waals surface area contributed by atoms with E-state index in [0.717, 1.165) is 36.4 Å². The van der Waals surface area contributed by atoms with Gasteiger partial charge in [0.15, 0.2) is 0 Å². The molecule has 0 spiro atoms. The second kappa shape index (κ2) is 6.12. The predicted octanol–water partition coefficient (Wildman–Crippen LogP) is 0.500. The van der Waals surface area contributed by atoms with E-state index in [-0.39, 0.29) is 12.1 Å². The van der Waals surface area contributed by atoms with Gasteiger partial charge in [-0.05, 0) is 29.9 Å². The number of aryl methyl sites for hydroxylation is 1. The van der Waals surface area contributed by atoms with Crippen molar-refractivity contribution in [1.82, 2.24) is 20.1 Å². The van der Waals surface area contributed by atoms with Crippen LogP contribution in [0.3, 0.4) is 0 Å². The fourth-order valence-electron chi connectivity index (χ4n) is 2.31. The summed E-state index contributed by atoms with van der Waals surface area (Å²) in [5, 5.41) is 4.32. The first-order chi connectivity index (χ1) is 8.67. The van der Waals surface area contributed by atoms with Gasteiger partial charge in [-0.3, -0.25) is 10.5 Å². The Bertz CT molecular complexity index is 397. The molecule has 0 saturated carbocycles. The van der Waals surface area contributed by atoms with Gasteiger partial charge in [-0.1, -0.05) is 0 Å². The molecule has 2 rings (SSSR count). The highest BCUT2D eigenvalue weighted by molar-refractivity contribution is 9.10. The number of aromatic nitrogens is 2. The van der Waals surface area contributed by atoms with Crippen LogP contribution in [-0.2, 0) is 11.3 Å². The Morgan fingerprint density at radius 3 is 3.11 bits per heavy atom. The van der Waals surface area contributed by atoms with Crippen LogP contribution in [0.25, 0.3) is 0 Å². The summed E-state index contributed by atoms with van der Waals surface area (Å²) in [6.07, 6.45) is 1.84. The SMILES string of the molecule is CCn1ncc(Br)c1C(NN)C1CN(C)CCO1. The van der Waals surface area contributed by atoms with E-state index < -0.39 is 0 Å². The van der Waals surface area contributed by atoms with Crippen molar-refractivity contribution in [3.63, 3.8) is 0 Å². The topological polar surface area (TPSA) is 68.3 Å². The molecular formula is C11H20BrN5O. The maximum atomic E-state index is 5.83. The van der Waals surface area contributed by atoms with E-state index in [1.807, 2.05) is 4.68 Å². The molecule has 2 atom stereocenters. The largest absolute Gasteiger partial charge is 0.373 e. The van der Waals surface area contributed by atoms with E-state index in [4.69, 9.17) is 10.6 Å². The molecule has 0 aliphatic carbocycles. The maximum Gasteiger partial charge on any atom is 0.0925 e. The van der Waals surface area contributed by atoms with Crippen LogP contribution < -0.4 is 11.3 Å². The van der Waals surface area contributed by atoms with Crippen molar-refractivity contribution in [1.29, 1.82) is 0 Å². The van der Waals surface area contributed by atoms with Crippen LogP contribution >= 0.6 is 15.9 Å². The second-order valence-electron chi connectivity index (χ2n) is 4.51. The summed E-state index contributed by atoms with van der Waals surface area (Å²) >= 11 is 3.53. The van der Waals surface area contributed by atoms with Gasteiger partial charge >= 0.3 is 0 Å². The van der Waals surface area contributed by atoms with E-state index in [9.17, 15) is 0 Å². The van der Waals surface area contributed by atoms with E-state index in [0.29, 0.717) is 0 Å². The van der Waals surface area contributed by atoms with E-state index in [2.05, 4.69) is 45.3 Å². The summed E-state index contributed by atoms with van der Waals surface area (Å²) in [7, 11) is 2.09. The number of hydrazine groups is 1. The molecule has 1 fully saturated rings. The molecule has 1 aromatic heterocycles. The lowest BCUT2D eigenvalue weighted by atomic mass is 10.1. The molecule has 1 aromatic rings. The minimum Gasteiger partial charge on any atom is -0.373 e. The third-order valence-corrected chi connectivity index (χ3v) is 3.89. The molecule has 6 nitrogen and oxygen atoms in total. The van der Waals surface area contributed by atoms with Crippen molar-refractivity contribution in [2.75, 3.05) is 26.7 Å². The Morgan fingerprint density at radius 1 is 1.72 bits per heavy atom. The first-order valence-corrected chi connectivity index (χ1v) is 6.94. The van der Waals surface area contributed by atoms with E-state index in [1.165, 1.54) is 0 Å². The number of nitrogens with two attached hydrogens (primary N) is 1. The summed E-state index contributed by atoms with van der Waals surface area (Å²) in [5.41, 5.74) is 3.91. The molecule has 0 bridgehead atoms. The highest BCUT2D eigenvalue weighted by atomic mass is 79.9. The van der Waals surface area contributed by atoms with Crippen molar-refractivity contribution in [2.45, 2.75) is 25.6 Å². The molecule has 0 radical (unpaired) electrons. The number of likely N-dealkylation sites (N-methyl/N-ethyl adjacent to an activating group) is 1. The number of nitrogens with zero attached hydrogens (tertiary/aromatic N) is 3. The van der Waals surface area contributed by atoms with Gasteiger partial charge in [0.05, 0.1) is 35.1 Å². The summed E-state index contributed by atoms with van der Waals surface area (Å²) in [6, 6.07) is -0.0652. The van der Waals surface area contributed by atoms with E-state index in [1.54, 1.807) is 6.20 Å². The van der Waals surface area contributed by atoms with Crippen LogP contribution in [0.15, 0.2) is 10.7 Å². The van der Waals surface area contributed by atoms with Crippen molar-refractivity contribution < 1.29 is 4.74 Å². The summed E-state index contributed by atoms with van der Waals surface area (Å²) in [5.74, 6) is 5.72. The standard InChI is InChI=1S/C11H20BrN5O/c1-3-17-11(8(12)6-14-17)10(15-13)9-7-16(2)4-5-18-9/h6,9-10,15H,3-5,7,13H2,1-2H3. The van der Waals surface area contributed by atoms with Gasteiger partial charge in [0.2, 0.25) is 0 Å². The highest BCUT2D eigenvalue weighted by Gasteiger charge is 2.31. The van der Waals surface area contributed by atoms with Crippen molar-refractivity contribution in [3.8, 4) is 0 Å². The minimum atomic E-state index is -0.0652. The zero-order valence-corrected chi connectivity index (χ0v) is 12.4. The van der Waals surface area contributed by atoms with Crippen LogP contribution in [0, 0.1) is 0 Å². The monoisotopic (exact) mass is 317 g/mol. The van der Waals surface area contributed by atoms with Gasteiger partial charge in [0.25, 0.3) is 0 Å². The van der Waals surface area contributed by atoms with Crippen LogP contribution in [0.5, 0.6) is 0 Å². The second-order valence-corrected chi connectivity index (χ2v) is 5.36. The average molecular weight is 318 g/mol. The zero-order valence-electron chi connectivity index (χ0n) is 10.8. The summed E-state index contributed by atoms with van der Waals surface area (Å²) in [4.78, 5) is 2.25. The Hall–Kier alpha value is -0.470. The number of nitrogens with one attached hydrogen (secondary N) is 1. The Kier molecular flexibility index (Phi) is 4.74.